The molecule has 0 amide bonds. The Morgan fingerprint density at radius 3 is 2.23 bits per heavy atom. The van der Waals surface area contributed by atoms with Gasteiger partial charge in [0.25, 0.3) is 5.92 Å². The molecule has 3 rings (SSSR count). The van der Waals surface area contributed by atoms with Gasteiger partial charge in [0.2, 0.25) is 0 Å². The minimum atomic E-state index is -2.32. The molecule has 74 valence electrons. The number of halogens is 2. The fraction of sp³-hybridized carbons (Fsp3) is 1.00. The van der Waals surface area contributed by atoms with Crippen LogP contribution in [0.4, 0.5) is 8.78 Å². The van der Waals surface area contributed by atoms with E-state index < -0.39 is 11.3 Å². The van der Waals surface area contributed by atoms with Crippen LogP contribution in [0.25, 0.3) is 0 Å². The predicted molar refractivity (Wildman–Crippen MR) is 45.7 cm³/mol. The van der Waals surface area contributed by atoms with Gasteiger partial charge in [0.05, 0.1) is 0 Å². The predicted octanol–water partition coefficient (Wildman–Crippen LogP) is 2.03. The third-order valence-corrected chi connectivity index (χ3v) is 4.16. The summed E-state index contributed by atoms with van der Waals surface area (Å²) in [6, 6.07) is 0. The first kappa shape index (κ1) is 8.16. The molecule has 1 spiro atoms. The SMILES string of the molecule is FC1(F)C(C2CC2)C12CCNCC2. The molecule has 2 aliphatic carbocycles. The molecular formula is C10H15F2N. The van der Waals surface area contributed by atoms with E-state index >= 15 is 0 Å². The second-order valence-corrected chi connectivity index (χ2v) is 4.84. The summed E-state index contributed by atoms with van der Waals surface area (Å²) in [5, 5.41) is 3.16. The van der Waals surface area contributed by atoms with Crippen molar-refractivity contribution < 1.29 is 8.78 Å². The molecule has 2 saturated carbocycles. The molecule has 0 bridgehead atoms. The fourth-order valence-corrected chi connectivity index (χ4v) is 3.23. The van der Waals surface area contributed by atoms with Crippen molar-refractivity contribution in [2.24, 2.45) is 17.3 Å². The number of hydrogen-bond donors (Lipinski definition) is 1. The second-order valence-electron chi connectivity index (χ2n) is 4.84. The summed E-state index contributed by atoms with van der Waals surface area (Å²) in [4.78, 5) is 0. The second kappa shape index (κ2) is 2.25. The minimum absolute atomic E-state index is 0.248. The molecule has 1 aliphatic heterocycles. The van der Waals surface area contributed by atoms with Gasteiger partial charge in [0.1, 0.15) is 0 Å². The van der Waals surface area contributed by atoms with Crippen molar-refractivity contribution in [1.82, 2.24) is 5.32 Å². The first-order chi connectivity index (χ1) is 6.18. The third kappa shape index (κ3) is 0.888. The molecule has 3 aliphatic rings. The molecule has 3 fully saturated rings. The Morgan fingerprint density at radius 2 is 1.69 bits per heavy atom. The van der Waals surface area contributed by atoms with Crippen LogP contribution in [0, 0.1) is 17.3 Å². The third-order valence-electron chi connectivity index (χ3n) is 4.16. The van der Waals surface area contributed by atoms with Gasteiger partial charge in [-0.15, -0.1) is 0 Å². The van der Waals surface area contributed by atoms with Gasteiger partial charge >= 0.3 is 0 Å². The Morgan fingerprint density at radius 1 is 1.08 bits per heavy atom. The van der Waals surface area contributed by atoms with Gasteiger partial charge in [0, 0.05) is 11.3 Å². The van der Waals surface area contributed by atoms with Gasteiger partial charge in [-0.05, 0) is 44.7 Å². The summed E-state index contributed by atoms with van der Waals surface area (Å²) < 4.78 is 27.2. The summed E-state index contributed by atoms with van der Waals surface area (Å²) in [6.07, 6.45) is 3.49. The van der Waals surface area contributed by atoms with Gasteiger partial charge in [-0.2, -0.15) is 0 Å². The van der Waals surface area contributed by atoms with E-state index in [4.69, 9.17) is 0 Å². The zero-order valence-corrected chi connectivity index (χ0v) is 7.65. The molecular weight excluding hydrogens is 172 g/mol. The Balaban J connectivity index is 1.82. The molecule has 1 N–H and O–H groups in total. The van der Waals surface area contributed by atoms with Gasteiger partial charge in [-0.1, -0.05) is 0 Å². The van der Waals surface area contributed by atoms with E-state index in [1.165, 1.54) is 0 Å². The van der Waals surface area contributed by atoms with Crippen molar-refractivity contribution in [1.29, 1.82) is 0 Å². The largest absolute Gasteiger partial charge is 0.317 e. The normalized spacial score (nSPS) is 40.6. The fourth-order valence-electron chi connectivity index (χ4n) is 3.23. The molecule has 0 radical (unpaired) electrons. The Kier molecular flexibility index (Phi) is 1.41. The van der Waals surface area contributed by atoms with E-state index in [0.29, 0.717) is 18.8 Å². The first-order valence-corrected chi connectivity index (χ1v) is 5.27. The minimum Gasteiger partial charge on any atom is -0.317 e. The van der Waals surface area contributed by atoms with E-state index in [1.807, 2.05) is 0 Å². The zero-order chi connectivity index (χ0) is 9.10. The van der Waals surface area contributed by atoms with Crippen molar-refractivity contribution in [2.45, 2.75) is 31.6 Å². The highest BCUT2D eigenvalue weighted by Gasteiger charge is 2.82. The van der Waals surface area contributed by atoms with Gasteiger partial charge in [-0.25, -0.2) is 8.78 Å². The van der Waals surface area contributed by atoms with Crippen molar-refractivity contribution in [3.63, 3.8) is 0 Å². The maximum Gasteiger partial charge on any atom is 0.258 e. The maximum atomic E-state index is 13.6. The lowest BCUT2D eigenvalue weighted by atomic mass is 9.90. The number of hydrogen-bond acceptors (Lipinski definition) is 1. The van der Waals surface area contributed by atoms with Crippen LogP contribution in [0.5, 0.6) is 0 Å². The van der Waals surface area contributed by atoms with Gasteiger partial charge in [0.15, 0.2) is 0 Å². The van der Waals surface area contributed by atoms with E-state index in [1.54, 1.807) is 0 Å². The summed E-state index contributed by atoms with van der Waals surface area (Å²) in [5.41, 5.74) is -0.570. The van der Waals surface area contributed by atoms with Crippen LogP contribution in [0.15, 0.2) is 0 Å². The molecule has 1 saturated heterocycles. The highest BCUT2D eigenvalue weighted by atomic mass is 19.3. The monoisotopic (exact) mass is 187 g/mol. The van der Waals surface area contributed by atoms with Gasteiger partial charge < -0.3 is 5.32 Å². The van der Waals surface area contributed by atoms with Crippen LogP contribution in [-0.4, -0.2) is 19.0 Å². The molecule has 0 aromatic rings. The average molecular weight is 187 g/mol. The lowest BCUT2D eigenvalue weighted by Gasteiger charge is -2.22. The lowest BCUT2D eigenvalue weighted by molar-refractivity contribution is 0.0451. The van der Waals surface area contributed by atoms with Crippen LogP contribution < -0.4 is 5.32 Å². The molecule has 1 unspecified atom stereocenters. The van der Waals surface area contributed by atoms with Crippen LogP contribution in [-0.2, 0) is 0 Å². The molecule has 1 atom stereocenters. The summed E-state index contributed by atoms with van der Waals surface area (Å²) >= 11 is 0. The van der Waals surface area contributed by atoms with E-state index in [-0.39, 0.29) is 5.92 Å². The van der Waals surface area contributed by atoms with Crippen LogP contribution in [0.1, 0.15) is 25.7 Å². The standard InChI is InChI=1S/C10H15F2N/c11-10(12)8(7-1-2-7)9(10)3-5-13-6-4-9/h7-8,13H,1-6H2. The van der Waals surface area contributed by atoms with Crippen molar-refractivity contribution >= 4 is 0 Å². The molecule has 1 heterocycles. The number of nitrogens with one attached hydrogen (secondary N) is 1. The number of alkyl halides is 2. The van der Waals surface area contributed by atoms with Crippen molar-refractivity contribution in [2.75, 3.05) is 13.1 Å². The number of rotatable bonds is 1. The van der Waals surface area contributed by atoms with Gasteiger partial charge in [-0.3, -0.25) is 0 Å². The van der Waals surface area contributed by atoms with E-state index in [0.717, 1.165) is 25.9 Å². The molecule has 13 heavy (non-hydrogen) atoms. The maximum absolute atomic E-state index is 13.6. The van der Waals surface area contributed by atoms with Crippen LogP contribution in [0.3, 0.4) is 0 Å². The highest BCUT2D eigenvalue weighted by Crippen LogP contribution is 2.76. The zero-order valence-electron chi connectivity index (χ0n) is 7.65. The summed E-state index contributed by atoms with van der Waals surface area (Å²) in [6.45, 7) is 1.58. The molecule has 0 aromatic heterocycles. The molecule has 1 nitrogen and oxygen atoms in total. The summed E-state index contributed by atoms with van der Waals surface area (Å²) in [7, 11) is 0. The smallest absolute Gasteiger partial charge is 0.258 e. The summed E-state index contributed by atoms with van der Waals surface area (Å²) in [5.74, 6) is -2.20. The van der Waals surface area contributed by atoms with E-state index in [2.05, 4.69) is 5.32 Å². The Hall–Kier alpha value is -0.180. The van der Waals surface area contributed by atoms with Crippen molar-refractivity contribution in [3.8, 4) is 0 Å². The first-order valence-electron chi connectivity index (χ1n) is 5.27. The highest BCUT2D eigenvalue weighted by molar-refractivity contribution is 5.22. The molecule has 0 aromatic carbocycles. The quantitative estimate of drug-likeness (QED) is 0.662. The molecule has 3 heteroatoms. The topological polar surface area (TPSA) is 12.0 Å². The van der Waals surface area contributed by atoms with Crippen LogP contribution >= 0.6 is 0 Å². The number of piperidine rings is 1. The van der Waals surface area contributed by atoms with E-state index in [9.17, 15) is 8.78 Å². The average Bonchev–Trinajstić information content (AvgIpc) is 2.96. The Bertz CT molecular complexity index is 229. The Labute approximate surface area is 76.9 Å². The van der Waals surface area contributed by atoms with Crippen molar-refractivity contribution in [3.05, 3.63) is 0 Å². The van der Waals surface area contributed by atoms with Crippen LogP contribution in [0.2, 0.25) is 0 Å². The lowest BCUT2D eigenvalue weighted by Crippen LogP contribution is -2.32.